The van der Waals surface area contributed by atoms with Gasteiger partial charge in [0.15, 0.2) is 5.84 Å². The van der Waals surface area contributed by atoms with Crippen LogP contribution in [-0.2, 0) is 0 Å². The number of nitrogens with one attached hydrogen (secondary N) is 1. The first-order valence-corrected chi connectivity index (χ1v) is 7.40. The zero-order chi connectivity index (χ0) is 22.2. The number of hydrogen-bond donors (Lipinski definition) is 1. The van der Waals surface area contributed by atoms with Crippen molar-refractivity contribution in [2.45, 2.75) is 39.4 Å². The molecule has 1 aromatic rings. The summed E-state index contributed by atoms with van der Waals surface area (Å²) < 4.78 is 52.3. The number of anilines is 1. The van der Waals surface area contributed by atoms with Gasteiger partial charge in [-0.3, -0.25) is 25.6 Å². The zero-order valence-electron chi connectivity index (χ0n) is 15.2. The van der Waals surface area contributed by atoms with Crippen molar-refractivity contribution in [2.75, 3.05) is 11.9 Å². The Morgan fingerprint density at radius 3 is 1.96 bits per heavy atom. The molecule has 2 unspecified atom stereocenters. The number of furan rings is 1. The summed E-state index contributed by atoms with van der Waals surface area (Å²) in [6.07, 6.45) is 2.74. The summed E-state index contributed by atoms with van der Waals surface area (Å²) in [6.45, 7) is 0.811. The molecule has 158 valence electrons. The quantitative estimate of drug-likeness (QED) is 0.143. The number of alkyl halides is 2. The van der Waals surface area contributed by atoms with Gasteiger partial charge in [0.25, 0.3) is 12.1 Å². The highest BCUT2D eigenvalue weighted by Crippen LogP contribution is 2.21. The lowest BCUT2D eigenvalue weighted by Crippen LogP contribution is -2.40. The minimum Gasteiger partial charge on any atom is -0.470 e. The summed E-state index contributed by atoms with van der Waals surface area (Å²) >= 11 is 0. The summed E-state index contributed by atoms with van der Waals surface area (Å²) in [5, 5.41) is 25.3. The van der Waals surface area contributed by atoms with E-state index in [1.54, 1.807) is 6.92 Å². The normalized spacial score (nSPS) is 13.2. The number of aliphatic imine (C=N–C) groups is 1. The molecule has 0 radical (unpaired) electrons. The third-order valence-corrected chi connectivity index (χ3v) is 3.35. The van der Waals surface area contributed by atoms with Gasteiger partial charge in [0, 0.05) is 36.3 Å². The highest BCUT2D eigenvalue weighted by Gasteiger charge is 2.28. The molecule has 0 aliphatic heterocycles. The van der Waals surface area contributed by atoms with Gasteiger partial charge in [-0.15, -0.1) is 0 Å². The van der Waals surface area contributed by atoms with E-state index in [1.165, 1.54) is 31.4 Å². The summed E-state index contributed by atoms with van der Waals surface area (Å²) in [5.41, 5.74) is 1.14. The van der Waals surface area contributed by atoms with Crippen molar-refractivity contribution in [3.8, 4) is 0 Å². The lowest BCUT2D eigenvalue weighted by molar-refractivity contribution is -0.501. The third kappa shape index (κ3) is 7.16. The van der Waals surface area contributed by atoms with Gasteiger partial charge in [-0.1, -0.05) is 8.96 Å². The summed E-state index contributed by atoms with van der Waals surface area (Å²) in [7, 11) is 1.43. The molecule has 1 N–H and O–H groups in total. The van der Waals surface area contributed by atoms with E-state index in [-0.39, 0.29) is 5.84 Å². The van der Waals surface area contributed by atoms with E-state index in [0.717, 1.165) is 6.92 Å². The summed E-state index contributed by atoms with van der Waals surface area (Å²) in [4.78, 5) is 23.1. The van der Waals surface area contributed by atoms with Crippen LogP contribution in [0.1, 0.15) is 19.4 Å². The molecule has 0 fully saturated rings. The predicted octanol–water partition coefficient (Wildman–Crippen LogP) is 3.01. The Morgan fingerprint density at radius 2 is 1.68 bits per heavy atom. The molecule has 11 nitrogen and oxygen atoms in total. The van der Waals surface area contributed by atoms with Crippen LogP contribution in [-0.4, -0.2) is 52.5 Å². The second-order valence-corrected chi connectivity index (χ2v) is 5.30. The lowest BCUT2D eigenvalue weighted by atomic mass is 10.2. The van der Waals surface area contributed by atoms with Gasteiger partial charge in [0.2, 0.25) is 5.84 Å². The van der Waals surface area contributed by atoms with Crippen molar-refractivity contribution >= 4 is 17.4 Å². The minimum atomic E-state index is -3.00. The first-order valence-electron chi connectivity index (χ1n) is 7.40. The number of nitro groups is 2. The first kappa shape index (κ1) is 24.7. The number of halogens is 4. The van der Waals surface area contributed by atoms with Gasteiger partial charge in [0.05, 0.1) is 12.0 Å². The van der Waals surface area contributed by atoms with E-state index < -0.39 is 39.7 Å². The van der Waals surface area contributed by atoms with Crippen molar-refractivity contribution < 1.29 is 32.0 Å². The van der Waals surface area contributed by atoms with Crippen molar-refractivity contribution in [1.29, 1.82) is 5.41 Å². The molecule has 0 saturated heterocycles. The molecule has 0 spiro atoms. The molecule has 28 heavy (non-hydrogen) atoms. The topological polar surface area (TPSA) is 142 Å². The zero-order valence-corrected chi connectivity index (χ0v) is 15.2. The number of amidine groups is 2. The van der Waals surface area contributed by atoms with E-state index in [9.17, 15) is 38.0 Å². The standard InChI is InChI=1S/C10H13F2N3O3.C3H5F2N3O2/c1-6-4-18-5-8(6)14(3)9(13-10(11)12)7(2)15(16)17;1-2(8(9)10)3(6)7(4)5/h4-5,7,10H,1-3H3;2,6H,1H3. The monoisotopic (exact) mass is 414 g/mol. The maximum absolute atomic E-state index is 12.4. The van der Waals surface area contributed by atoms with Gasteiger partial charge in [-0.25, -0.2) is 0 Å². The Labute approximate surface area is 155 Å². The smallest absolute Gasteiger partial charge is 0.333 e. The Hall–Kier alpha value is -3.26. The van der Waals surface area contributed by atoms with Crippen LogP contribution < -0.4 is 4.90 Å². The lowest BCUT2D eigenvalue weighted by Gasteiger charge is -2.21. The van der Waals surface area contributed by atoms with E-state index in [2.05, 4.69) is 4.99 Å². The Bertz CT molecular complexity index is 726. The highest BCUT2D eigenvalue weighted by molar-refractivity contribution is 6.00. The molecule has 0 aliphatic rings. The molecule has 0 saturated carbocycles. The number of nitrogens with zero attached hydrogens (tertiary/aromatic N) is 5. The largest absolute Gasteiger partial charge is 0.470 e. The minimum absolute atomic E-state index is 0.320. The summed E-state index contributed by atoms with van der Waals surface area (Å²) in [5.74, 6) is -1.63. The molecule has 2 atom stereocenters. The molecule has 0 aromatic carbocycles. The van der Waals surface area contributed by atoms with Crippen LogP contribution in [0, 0.1) is 32.6 Å². The fraction of sp³-hybridized carbons (Fsp3) is 0.538. The second-order valence-electron chi connectivity index (χ2n) is 5.30. The van der Waals surface area contributed by atoms with Gasteiger partial charge in [0.1, 0.15) is 6.26 Å². The van der Waals surface area contributed by atoms with Crippen LogP contribution in [0.3, 0.4) is 0 Å². The van der Waals surface area contributed by atoms with Crippen molar-refractivity contribution in [2.24, 2.45) is 4.99 Å². The third-order valence-electron chi connectivity index (χ3n) is 3.35. The van der Waals surface area contributed by atoms with E-state index >= 15 is 0 Å². The maximum Gasteiger partial charge on any atom is 0.333 e. The Morgan fingerprint density at radius 1 is 1.18 bits per heavy atom. The van der Waals surface area contributed by atoms with Crippen molar-refractivity contribution in [3.05, 3.63) is 38.3 Å². The summed E-state index contributed by atoms with van der Waals surface area (Å²) in [6, 6.07) is -2.99. The van der Waals surface area contributed by atoms with Gasteiger partial charge in [-0.05, 0) is 12.3 Å². The van der Waals surface area contributed by atoms with E-state index in [4.69, 9.17) is 9.83 Å². The average molecular weight is 414 g/mol. The molecule has 1 aromatic heterocycles. The average Bonchev–Trinajstić information content (AvgIpc) is 3.03. The van der Waals surface area contributed by atoms with Crippen LogP contribution in [0.5, 0.6) is 0 Å². The SMILES string of the molecule is CC(C(=N)N(F)F)[N+](=O)[O-].Cc1cocc1N(C)C(=NC(F)F)C(C)[N+](=O)[O-]. The van der Waals surface area contributed by atoms with Crippen LogP contribution >= 0.6 is 0 Å². The predicted molar refractivity (Wildman–Crippen MR) is 90.0 cm³/mol. The van der Waals surface area contributed by atoms with Crippen molar-refractivity contribution in [3.63, 3.8) is 0 Å². The number of hydrogen-bond acceptors (Lipinski definition) is 7. The van der Waals surface area contributed by atoms with Crippen molar-refractivity contribution in [1.82, 2.24) is 5.34 Å². The fourth-order valence-electron chi connectivity index (χ4n) is 1.73. The highest BCUT2D eigenvalue weighted by atomic mass is 19.4. The number of aryl methyl sites for hydroxylation is 1. The molecule has 1 heterocycles. The Kier molecular flexibility index (Phi) is 9.53. The fourth-order valence-corrected chi connectivity index (χ4v) is 1.73. The molecule has 0 amide bonds. The molecule has 0 bridgehead atoms. The van der Waals surface area contributed by atoms with E-state index in [1.807, 2.05) is 0 Å². The van der Waals surface area contributed by atoms with Crippen LogP contribution in [0.15, 0.2) is 21.9 Å². The van der Waals surface area contributed by atoms with Crippen LogP contribution in [0.25, 0.3) is 0 Å². The van der Waals surface area contributed by atoms with E-state index in [0.29, 0.717) is 11.3 Å². The van der Waals surface area contributed by atoms with Gasteiger partial charge in [-0.2, -0.15) is 13.8 Å². The molecular formula is C13H18F4N6O5. The molecular weight excluding hydrogens is 396 g/mol. The first-order chi connectivity index (χ1) is 12.8. The Balaban J connectivity index is 0.000000621. The van der Waals surface area contributed by atoms with Gasteiger partial charge < -0.3 is 9.32 Å². The number of likely N-dealkylation sites (N-methyl/N-ethyl adjacent to an activating group) is 1. The van der Waals surface area contributed by atoms with Crippen LogP contribution in [0.2, 0.25) is 0 Å². The molecule has 1 rings (SSSR count). The molecule has 0 aliphatic carbocycles. The number of rotatable bonds is 6. The molecule has 15 heteroatoms. The van der Waals surface area contributed by atoms with Gasteiger partial charge >= 0.3 is 6.55 Å². The second kappa shape index (κ2) is 10.8. The maximum atomic E-state index is 12.4. The van der Waals surface area contributed by atoms with Crippen LogP contribution in [0.4, 0.5) is 23.4 Å².